The smallest absolute Gasteiger partial charge is 0.275 e. The highest BCUT2D eigenvalue weighted by Crippen LogP contribution is 2.33. The van der Waals surface area contributed by atoms with E-state index < -0.39 is 11.6 Å². The van der Waals surface area contributed by atoms with Crippen molar-refractivity contribution >= 4 is 11.6 Å². The molecule has 2 aromatic carbocycles. The van der Waals surface area contributed by atoms with Gasteiger partial charge in [0.15, 0.2) is 5.82 Å². The highest BCUT2D eigenvalue weighted by molar-refractivity contribution is 5.96. The molecule has 1 atom stereocenters. The first-order valence-electron chi connectivity index (χ1n) is 9.29. The van der Waals surface area contributed by atoms with Crippen LogP contribution in [-0.2, 0) is 4.79 Å². The number of aromatic nitrogens is 4. The van der Waals surface area contributed by atoms with Crippen LogP contribution < -0.4 is 4.90 Å². The highest BCUT2D eigenvalue weighted by atomic mass is 19.1. The normalized spacial score (nSPS) is 16.4. The third kappa shape index (κ3) is 3.24. The molecule has 1 aliphatic rings. The van der Waals surface area contributed by atoms with Crippen LogP contribution in [0, 0.1) is 11.6 Å². The van der Waals surface area contributed by atoms with Crippen molar-refractivity contribution in [1.82, 2.24) is 20.3 Å². The molecular weight excluding hydrogens is 392 g/mol. The number of carbonyl (C=O) groups excluding carboxylic acids is 1. The SMILES string of the molecule is O=C1CC(c2noc(-c3cc(-c4ccccc4)n[nH]3)n2)CN1c1ccc(F)cc1F. The molecule has 3 heterocycles. The van der Waals surface area contributed by atoms with Gasteiger partial charge in [0.2, 0.25) is 5.91 Å². The number of nitrogens with one attached hydrogen (secondary N) is 1. The first kappa shape index (κ1) is 18.2. The molecule has 1 unspecified atom stereocenters. The number of H-pyrrole nitrogens is 1. The van der Waals surface area contributed by atoms with E-state index in [0.717, 1.165) is 23.4 Å². The molecule has 4 aromatic rings. The summed E-state index contributed by atoms with van der Waals surface area (Å²) in [5, 5.41) is 11.1. The van der Waals surface area contributed by atoms with E-state index >= 15 is 0 Å². The topological polar surface area (TPSA) is 87.9 Å². The van der Waals surface area contributed by atoms with Crippen LogP contribution in [0.2, 0.25) is 0 Å². The van der Waals surface area contributed by atoms with Crippen LogP contribution in [0.1, 0.15) is 18.2 Å². The van der Waals surface area contributed by atoms with Gasteiger partial charge in [-0.05, 0) is 18.2 Å². The number of hydrogen-bond acceptors (Lipinski definition) is 5. The van der Waals surface area contributed by atoms with Crippen LogP contribution in [0.3, 0.4) is 0 Å². The minimum atomic E-state index is -0.788. The molecule has 1 saturated heterocycles. The molecule has 30 heavy (non-hydrogen) atoms. The predicted octanol–water partition coefficient (Wildman–Crippen LogP) is 3.93. The van der Waals surface area contributed by atoms with Gasteiger partial charge in [-0.1, -0.05) is 35.5 Å². The fourth-order valence-corrected chi connectivity index (χ4v) is 3.51. The van der Waals surface area contributed by atoms with Crippen molar-refractivity contribution in [1.29, 1.82) is 0 Å². The standard InChI is InChI=1S/C21H15F2N5O2/c22-14-6-7-18(15(23)9-14)28-11-13(8-19(28)29)20-24-21(30-27-20)17-10-16(25-26-17)12-4-2-1-3-5-12/h1-7,9-10,13H,8,11H2,(H,25,26). The van der Waals surface area contributed by atoms with Crippen molar-refractivity contribution in [3.8, 4) is 22.8 Å². The van der Waals surface area contributed by atoms with Gasteiger partial charge in [-0.2, -0.15) is 10.1 Å². The maximum Gasteiger partial charge on any atom is 0.275 e. The zero-order valence-corrected chi connectivity index (χ0v) is 15.5. The molecule has 0 spiro atoms. The fraction of sp³-hybridized carbons (Fsp3) is 0.143. The van der Waals surface area contributed by atoms with Crippen molar-refractivity contribution in [2.24, 2.45) is 0 Å². The third-order valence-corrected chi connectivity index (χ3v) is 5.01. The Kier molecular flexibility index (Phi) is 4.35. The zero-order chi connectivity index (χ0) is 20.7. The number of hydrogen-bond donors (Lipinski definition) is 1. The predicted molar refractivity (Wildman–Crippen MR) is 103 cm³/mol. The summed E-state index contributed by atoms with van der Waals surface area (Å²) in [5.41, 5.74) is 2.27. The number of benzene rings is 2. The number of halogens is 2. The fourth-order valence-electron chi connectivity index (χ4n) is 3.51. The summed E-state index contributed by atoms with van der Waals surface area (Å²) >= 11 is 0. The average molecular weight is 407 g/mol. The molecule has 0 aliphatic carbocycles. The molecule has 0 radical (unpaired) electrons. The minimum absolute atomic E-state index is 0.0358. The molecule has 150 valence electrons. The monoisotopic (exact) mass is 407 g/mol. The third-order valence-electron chi connectivity index (χ3n) is 5.01. The summed E-state index contributed by atoms with van der Waals surface area (Å²) in [7, 11) is 0. The molecule has 5 rings (SSSR count). The Morgan fingerprint density at radius 3 is 2.73 bits per heavy atom. The molecule has 1 fully saturated rings. The lowest BCUT2D eigenvalue weighted by atomic mass is 10.1. The van der Waals surface area contributed by atoms with E-state index in [9.17, 15) is 13.6 Å². The van der Waals surface area contributed by atoms with Crippen LogP contribution in [-0.4, -0.2) is 32.8 Å². The second kappa shape index (κ2) is 7.18. The van der Waals surface area contributed by atoms with E-state index in [2.05, 4.69) is 20.3 Å². The summed E-state index contributed by atoms with van der Waals surface area (Å²) in [6.45, 7) is 0.179. The van der Waals surface area contributed by atoms with E-state index in [-0.39, 0.29) is 36.4 Å². The number of rotatable bonds is 4. The van der Waals surface area contributed by atoms with Gasteiger partial charge in [0, 0.05) is 30.5 Å². The molecule has 1 N–H and O–H groups in total. The second-order valence-corrected chi connectivity index (χ2v) is 6.99. The first-order valence-corrected chi connectivity index (χ1v) is 9.29. The summed E-state index contributed by atoms with van der Waals surface area (Å²) in [6, 6.07) is 14.6. The molecule has 9 heteroatoms. The van der Waals surface area contributed by atoms with E-state index in [1.165, 1.54) is 11.0 Å². The maximum atomic E-state index is 14.1. The van der Waals surface area contributed by atoms with E-state index in [4.69, 9.17) is 4.52 Å². The number of anilines is 1. The van der Waals surface area contributed by atoms with E-state index in [0.29, 0.717) is 11.5 Å². The van der Waals surface area contributed by atoms with E-state index in [1.54, 1.807) is 6.07 Å². The van der Waals surface area contributed by atoms with Crippen LogP contribution in [0.5, 0.6) is 0 Å². The van der Waals surface area contributed by atoms with Gasteiger partial charge in [-0.3, -0.25) is 9.89 Å². The van der Waals surface area contributed by atoms with Crippen LogP contribution in [0.25, 0.3) is 22.8 Å². The molecule has 1 amide bonds. The van der Waals surface area contributed by atoms with Gasteiger partial charge in [0.05, 0.1) is 11.4 Å². The van der Waals surface area contributed by atoms with Gasteiger partial charge in [0.1, 0.15) is 17.3 Å². The maximum absolute atomic E-state index is 14.1. The number of aromatic amines is 1. The van der Waals surface area contributed by atoms with Crippen molar-refractivity contribution in [3.63, 3.8) is 0 Å². The molecule has 0 saturated carbocycles. The molecule has 7 nitrogen and oxygen atoms in total. The number of amides is 1. The minimum Gasteiger partial charge on any atom is -0.332 e. The summed E-state index contributed by atoms with van der Waals surface area (Å²) < 4.78 is 32.6. The van der Waals surface area contributed by atoms with Crippen molar-refractivity contribution in [2.45, 2.75) is 12.3 Å². The Hall–Kier alpha value is -3.88. The number of nitrogens with zero attached hydrogens (tertiary/aromatic N) is 4. The average Bonchev–Trinajstić information content (AvgIpc) is 3.48. The van der Waals surface area contributed by atoms with Crippen molar-refractivity contribution in [2.75, 3.05) is 11.4 Å². The van der Waals surface area contributed by atoms with Gasteiger partial charge in [-0.15, -0.1) is 0 Å². The van der Waals surface area contributed by atoms with Gasteiger partial charge in [0.25, 0.3) is 5.89 Å². The zero-order valence-electron chi connectivity index (χ0n) is 15.5. The van der Waals surface area contributed by atoms with Crippen LogP contribution in [0.15, 0.2) is 59.1 Å². The van der Waals surface area contributed by atoms with Crippen molar-refractivity contribution < 1.29 is 18.1 Å². The Morgan fingerprint density at radius 2 is 1.93 bits per heavy atom. The Labute approximate surface area is 169 Å². The quantitative estimate of drug-likeness (QED) is 0.554. The molecule has 1 aliphatic heterocycles. The van der Waals surface area contributed by atoms with Crippen molar-refractivity contribution in [3.05, 3.63) is 72.1 Å². The number of carbonyl (C=O) groups is 1. The van der Waals surface area contributed by atoms with Gasteiger partial charge >= 0.3 is 0 Å². The summed E-state index contributed by atoms with van der Waals surface area (Å²) in [5.74, 6) is -1.54. The van der Waals surface area contributed by atoms with Gasteiger partial charge < -0.3 is 9.42 Å². The summed E-state index contributed by atoms with van der Waals surface area (Å²) in [4.78, 5) is 18.1. The second-order valence-electron chi connectivity index (χ2n) is 6.99. The first-order chi connectivity index (χ1) is 14.6. The molecule has 2 aromatic heterocycles. The van der Waals surface area contributed by atoms with Gasteiger partial charge in [-0.25, -0.2) is 8.78 Å². The highest BCUT2D eigenvalue weighted by Gasteiger charge is 2.36. The molecule has 0 bridgehead atoms. The lowest BCUT2D eigenvalue weighted by molar-refractivity contribution is -0.117. The van der Waals surface area contributed by atoms with E-state index in [1.807, 2.05) is 30.3 Å². The summed E-state index contributed by atoms with van der Waals surface area (Å²) in [6.07, 6.45) is 0.105. The lowest BCUT2D eigenvalue weighted by Gasteiger charge is -2.16. The molecular formula is C21H15F2N5O2. The Bertz CT molecular complexity index is 1220. The largest absolute Gasteiger partial charge is 0.332 e. The lowest BCUT2D eigenvalue weighted by Crippen LogP contribution is -2.25. The van der Waals surface area contributed by atoms with Crippen LogP contribution >= 0.6 is 0 Å². The Balaban J connectivity index is 1.36. The Morgan fingerprint density at radius 1 is 1.10 bits per heavy atom. The van der Waals surface area contributed by atoms with Crippen LogP contribution in [0.4, 0.5) is 14.5 Å².